The molecule has 2 aliphatic carbocycles. The third-order valence-corrected chi connectivity index (χ3v) is 6.22. The standard InChI is InChI=1S/C20H31N5.HI/c1-2-21-19(23-16-20(9-5-10-20)17-7-8-17)25-14-12-24(13-15-25)18-6-3-4-11-22-18;/h3-4,6,11,17H,2,5,7-10,12-16H2,1H3,(H,21,23);1H. The van der Waals surface area contributed by atoms with Crippen LogP contribution in [0.25, 0.3) is 0 Å². The maximum atomic E-state index is 5.09. The van der Waals surface area contributed by atoms with Crippen molar-refractivity contribution in [2.45, 2.75) is 39.0 Å². The minimum absolute atomic E-state index is 0. The van der Waals surface area contributed by atoms with Gasteiger partial charge >= 0.3 is 0 Å². The van der Waals surface area contributed by atoms with Gasteiger partial charge in [0.05, 0.1) is 0 Å². The maximum Gasteiger partial charge on any atom is 0.194 e. The second-order valence-corrected chi connectivity index (χ2v) is 7.82. The monoisotopic (exact) mass is 469 g/mol. The summed E-state index contributed by atoms with van der Waals surface area (Å²) >= 11 is 0. The zero-order valence-corrected chi connectivity index (χ0v) is 18.2. The van der Waals surface area contributed by atoms with E-state index in [1.807, 2.05) is 12.3 Å². The van der Waals surface area contributed by atoms with Crippen LogP contribution in [0.4, 0.5) is 5.82 Å². The molecule has 0 atom stereocenters. The van der Waals surface area contributed by atoms with Gasteiger partial charge in [-0.3, -0.25) is 4.99 Å². The van der Waals surface area contributed by atoms with Gasteiger partial charge in [-0.2, -0.15) is 0 Å². The van der Waals surface area contributed by atoms with Crippen LogP contribution in [0.1, 0.15) is 39.0 Å². The van der Waals surface area contributed by atoms with Crippen LogP contribution in [-0.2, 0) is 0 Å². The lowest BCUT2D eigenvalue weighted by Gasteiger charge is -2.42. The van der Waals surface area contributed by atoms with Crippen LogP contribution in [0, 0.1) is 11.3 Å². The van der Waals surface area contributed by atoms with Crippen LogP contribution in [0.5, 0.6) is 0 Å². The molecule has 0 amide bonds. The van der Waals surface area contributed by atoms with Gasteiger partial charge in [-0.15, -0.1) is 24.0 Å². The van der Waals surface area contributed by atoms with Crippen molar-refractivity contribution < 1.29 is 0 Å². The molecule has 3 fully saturated rings. The number of piperazine rings is 1. The number of hydrogen-bond donors (Lipinski definition) is 1. The molecule has 1 N–H and O–H groups in total. The summed E-state index contributed by atoms with van der Waals surface area (Å²) in [7, 11) is 0. The van der Waals surface area contributed by atoms with Crippen molar-refractivity contribution in [1.82, 2.24) is 15.2 Å². The van der Waals surface area contributed by atoms with Crippen molar-refractivity contribution in [3.8, 4) is 0 Å². The normalized spacial score (nSPS) is 22.4. The smallest absolute Gasteiger partial charge is 0.194 e. The van der Waals surface area contributed by atoms with Crippen LogP contribution in [-0.4, -0.2) is 55.1 Å². The largest absolute Gasteiger partial charge is 0.357 e. The second kappa shape index (κ2) is 8.76. The SMILES string of the molecule is CCNC(=NCC1(C2CC2)CCC1)N1CCN(c2ccccn2)CC1.I. The minimum Gasteiger partial charge on any atom is -0.357 e. The van der Waals surface area contributed by atoms with E-state index in [-0.39, 0.29) is 24.0 Å². The molecule has 2 heterocycles. The van der Waals surface area contributed by atoms with Gasteiger partial charge in [-0.05, 0) is 56.1 Å². The molecule has 0 unspecified atom stereocenters. The Kier molecular flexibility index (Phi) is 6.64. The Labute approximate surface area is 174 Å². The van der Waals surface area contributed by atoms with E-state index < -0.39 is 0 Å². The van der Waals surface area contributed by atoms with Crippen LogP contribution in [0.2, 0.25) is 0 Å². The number of hydrogen-bond acceptors (Lipinski definition) is 3. The molecule has 1 saturated heterocycles. The number of aromatic nitrogens is 1. The van der Waals surface area contributed by atoms with Gasteiger partial charge < -0.3 is 15.1 Å². The zero-order chi connectivity index (χ0) is 17.1. The van der Waals surface area contributed by atoms with E-state index in [2.05, 4.69) is 39.2 Å². The molecule has 1 aliphatic heterocycles. The number of guanidine groups is 1. The van der Waals surface area contributed by atoms with Crippen LogP contribution in [0.3, 0.4) is 0 Å². The molecule has 5 nitrogen and oxygen atoms in total. The van der Waals surface area contributed by atoms with Crippen molar-refractivity contribution in [1.29, 1.82) is 0 Å². The lowest BCUT2D eigenvalue weighted by molar-refractivity contribution is 0.112. The van der Waals surface area contributed by atoms with Gasteiger partial charge in [0.15, 0.2) is 5.96 Å². The van der Waals surface area contributed by atoms with Gasteiger partial charge in [0.1, 0.15) is 5.82 Å². The average molecular weight is 469 g/mol. The first-order chi connectivity index (χ1) is 12.3. The molecular weight excluding hydrogens is 437 g/mol. The number of pyridine rings is 1. The number of aliphatic imine (C=N–C) groups is 1. The Bertz CT molecular complexity index is 589. The van der Waals surface area contributed by atoms with E-state index in [1.54, 1.807) is 0 Å². The van der Waals surface area contributed by atoms with Gasteiger partial charge in [0.2, 0.25) is 0 Å². The van der Waals surface area contributed by atoms with Crippen molar-refractivity contribution in [2.75, 3.05) is 44.2 Å². The lowest BCUT2D eigenvalue weighted by Crippen LogP contribution is -2.53. The molecule has 4 rings (SSSR count). The Morgan fingerprint density at radius 3 is 2.54 bits per heavy atom. The van der Waals surface area contributed by atoms with Crippen molar-refractivity contribution in [2.24, 2.45) is 16.3 Å². The number of rotatable bonds is 5. The number of nitrogens with zero attached hydrogens (tertiary/aromatic N) is 4. The van der Waals surface area contributed by atoms with Crippen LogP contribution < -0.4 is 10.2 Å². The first-order valence-electron chi connectivity index (χ1n) is 10.00. The van der Waals surface area contributed by atoms with E-state index in [1.165, 1.54) is 32.1 Å². The molecule has 6 heteroatoms. The summed E-state index contributed by atoms with van der Waals surface area (Å²) in [5.74, 6) is 3.18. The summed E-state index contributed by atoms with van der Waals surface area (Å²) in [5.41, 5.74) is 0.552. The third-order valence-electron chi connectivity index (χ3n) is 6.22. The lowest BCUT2D eigenvalue weighted by atomic mass is 9.65. The van der Waals surface area contributed by atoms with E-state index in [0.29, 0.717) is 5.41 Å². The fourth-order valence-corrected chi connectivity index (χ4v) is 4.37. The molecular formula is C20H32IN5. The summed E-state index contributed by atoms with van der Waals surface area (Å²) in [5, 5.41) is 3.53. The average Bonchev–Trinajstić information content (AvgIpc) is 3.46. The third kappa shape index (κ3) is 4.26. The predicted molar refractivity (Wildman–Crippen MR) is 118 cm³/mol. The summed E-state index contributed by atoms with van der Waals surface area (Å²) < 4.78 is 0. The van der Waals surface area contributed by atoms with Crippen molar-refractivity contribution in [3.63, 3.8) is 0 Å². The predicted octanol–water partition coefficient (Wildman–Crippen LogP) is 3.37. The highest BCUT2D eigenvalue weighted by atomic mass is 127. The summed E-state index contributed by atoms with van der Waals surface area (Å²) in [4.78, 5) is 14.4. The van der Waals surface area contributed by atoms with Crippen molar-refractivity contribution in [3.05, 3.63) is 24.4 Å². The van der Waals surface area contributed by atoms with E-state index >= 15 is 0 Å². The van der Waals surface area contributed by atoms with Crippen molar-refractivity contribution >= 4 is 35.8 Å². The highest BCUT2D eigenvalue weighted by Gasteiger charge is 2.48. The second-order valence-electron chi connectivity index (χ2n) is 7.82. The molecule has 0 spiro atoms. The molecule has 0 aromatic carbocycles. The first kappa shape index (κ1) is 19.7. The fraction of sp³-hybridized carbons (Fsp3) is 0.700. The summed E-state index contributed by atoms with van der Waals surface area (Å²) in [6.07, 6.45) is 8.96. The highest BCUT2D eigenvalue weighted by molar-refractivity contribution is 14.0. The number of nitrogens with one attached hydrogen (secondary N) is 1. The first-order valence-corrected chi connectivity index (χ1v) is 10.00. The number of anilines is 1. The summed E-state index contributed by atoms with van der Waals surface area (Å²) in [6, 6.07) is 6.15. The van der Waals surface area contributed by atoms with Gasteiger partial charge in [-0.25, -0.2) is 4.98 Å². The minimum atomic E-state index is 0. The highest BCUT2D eigenvalue weighted by Crippen LogP contribution is 2.57. The van der Waals surface area contributed by atoms with Gasteiger partial charge in [-0.1, -0.05) is 12.5 Å². The molecule has 0 radical (unpaired) electrons. The van der Waals surface area contributed by atoms with E-state index in [9.17, 15) is 0 Å². The Morgan fingerprint density at radius 2 is 2.00 bits per heavy atom. The van der Waals surface area contributed by atoms with Crippen LogP contribution in [0.15, 0.2) is 29.4 Å². The maximum absolute atomic E-state index is 5.09. The fourth-order valence-electron chi connectivity index (χ4n) is 4.37. The Morgan fingerprint density at radius 1 is 1.23 bits per heavy atom. The zero-order valence-electron chi connectivity index (χ0n) is 15.9. The van der Waals surface area contributed by atoms with E-state index in [4.69, 9.17) is 4.99 Å². The molecule has 3 aliphatic rings. The number of halogens is 1. The molecule has 1 aromatic rings. The van der Waals surface area contributed by atoms with Gasteiger partial charge in [0, 0.05) is 45.5 Å². The molecule has 1 aromatic heterocycles. The molecule has 26 heavy (non-hydrogen) atoms. The van der Waals surface area contributed by atoms with Crippen LogP contribution >= 0.6 is 24.0 Å². The molecule has 144 valence electrons. The van der Waals surface area contributed by atoms with E-state index in [0.717, 1.165) is 57.0 Å². The molecule has 0 bridgehead atoms. The quantitative estimate of drug-likeness (QED) is 0.408. The Balaban J connectivity index is 0.00000196. The molecule has 2 saturated carbocycles. The summed E-state index contributed by atoms with van der Waals surface area (Å²) in [6.45, 7) is 8.18. The van der Waals surface area contributed by atoms with Gasteiger partial charge in [0.25, 0.3) is 0 Å². The Hall–Kier alpha value is -1.05. The topological polar surface area (TPSA) is 43.8 Å².